The highest BCUT2D eigenvalue weighted by Gasteiger charge is 2.26. The van der Waals surface area contributed by atoms with Gasteiger partial charge in [0, 0.05) is 25.6 Å². The largest absolute Gasteiger partial charge is 0.338 e. The molecule has 0 bridgehead atoms. The summed E-state index contributed by atoms with van der Waals surface area (Å²) in [5.41, 5.74) is 0.175. The first kappa shape index (κ1) is 14.3. The number of hydrogen-bond donors (Lipinski definition) is 1. The van der Waals surface area contributed by atoms with E-state index in [1.807, 2.05) is 7.05 Å². The first-order valence-corrected chi connectivity index (χ1v) is 7.25. The molecule has 1 aromatic heterocycles. The zero-order valence-corrected chi connectivity index (χ0v) is 12.6. The minimum absolute atomic E-state index is 0.175. The highest BCUT2D eigenvalue weighted by Crippen LogP contribution is 2.23. The van der Waals surface area contributed by atoms with Crippen LogP contribution in [-0.2, 0) is 6.42 Å². The molecule has 1 aliphatic rings. The van der Waals surface area contributed by atoms with Gasteiger partial charge in [-0.2, -0.15) is 4.98 Å². The maximum atomic E-state index is 5.40. The highest BCUT2D eigenvalue weighted by atomic mass is 16.5. The average molecular weight is 266 g/mol. The van der Waals surface area contributed by atoms with Gasteiger partial charge >= 0.3 is 0 Å². The second-order valence-electron chi connectivity index (χ2n) is 6.45. The van der Waals surface area contributed by atoms with Gasteiger partial charge in [-0.3, -0.25) is 0 Å². The second-order valence-corrected chi connectivity index (χ2v) is 6.45. The van der Waals surface area contributed by atoms with E-state index in [-0.39, 0.29) is 5.41 Å². The minimum Gasteiger partial charge on any atom is -0.338 e. The van der Waals surface area contributed by atoms with E-state index >= 15 is 0 Å². The van der Waals surface area contributed by atoms with Crippen LogP contribution in [0.25, 0.3) is 0 Å². The fraction of sp³-hybridized carbons (Fsp3) is 0.857. The zero-order chi connectivity index (χ0) is 13.9. The average Bonchev–Trinajstić information content (AvgIpc) is 2.84. The summed E-state index contributed by atoms with van der Waals surface area (Å²) in [6.45, 7) is 8.75. The van der Waals surface area contributed by atoms with Crippen molar-refractivity contribution in [3.05, 3.63) is 5.89 Å². The lowest BCUT2D eigenvalue weighted by atomic mass is 9.85. The topological polar surface area (TPSA) is 54.2 Å². The Morgan fingerprint density at radius 1 is 1.26 bits per heavy atom. The molecule has 0 amide bonds. The molecule has 2 heterocycles. The van der Waals surface area contributed by atoms with E-state index in [0.29, 0.717) is 6.04 Å². The standard InChI is InChI=1S/C14H26N4O/c1-14(2,3)11(15-4)10-12-16-13(17-19-12)18-8-6-5-7-9-18/h11,15H,5-10H2,1-4H3. The Morgan fingerprint density at radius 2 is 1.95 bits per heavy atom. The third kappa shape index (κ3) is 3.69. The molecule has 0 aliphatic carbocycles. The van der Waals surface area contributed by atoms with Crippen molar-refractivity contribution in [2.45, 2.75) is 52.5 Å². The van der Waals surface area contributed by atoms with Crippen molar-refractivity contribution in [2.24, 2.45) is 5.41 Å². The molecule has 0 radical (unpaired) electrons. The number of anilines is 1. The van der Waals surface area contributed by atoms with Gasteiger partial charge in [0.1, 0.15) is 0 Å². The maximum Gasteiger partial charge on any atom is 0.266 e. The third-order valence-electron chi connectivity index (χ3n) is 3.87. The Bertz CT molecular complexity index is 390. The predicted octanol–water partition coefficient (Wildman–Crippen LogP) is 2.24. The third-order valence-corrected chi connectivity index (χ3v) is 3.87. The fourth-order valence-corrected chi connectivity index (χ4v) is 2.57. The summed E-state index contributed by atoms with van der Waals surface area (Å²) in [5.74, 6) is 1.49. The van der Waals surface area contributed by atoms with E-state index in [9.17, 15) is 0 Å². The smallest absolute Gasteiger partial charge is 0.266 e. The van der Waals surface area contributed by atoms with Crippen LogP contribution in [0.2, 0.25) is 0 Å². The number of likely N-dealkylation sites (N-methyl/N-ethyl adjacent to an activating group) is 1. The van der Waals surface area contributed by atoms with Crippen LogP contribution < -0.4 is 10.2 Å². The first-order valence-electron chi connectivity index (χ1n) is 7.25. The summed E-state index contributed by atoms with van der Waals surface area (Å²) in [6, 6.07) is 0.335. The van der Waals surface area contributed by atoms with Crippen LogP contribution in [0.3, 0.4) is 0 Å². The Morgan fingerprint density at radius 3 is 2.53 bits per heavy atom. The molecular formula is C14H26N4O. The number of hydrogen-bond acceptors (Lipinski definition) is 5. The van der Waals surface area contributed by atoms with Crippen LogP contribution in [-0.4, -0.2) is 36.3 Å². The summed E-state index contributed by atoms with van der Waals surface area (Å²) < 4.78 is 5.40. The van der Waals surface area contributed by atoms with Crippen LogP contribution in [0.4, 0.5) is 5.95 Å². The molecule has 1 aliphatic heterocycles. The van der Waals surface area contributed by atoms with Gasteiger partial charge in [-0.1, -0.05) is 20.8 Å². The van der Waals surface area contributed by atoms with E-state index in [0.717, 1.165) is 31.3 Å². The van der Waals surface area contributed by atoms with E-state index in [2.05, 4.69) is 41.1 Å². The van der Waals surface area contributed by atoms with Crippen molar-refractivity contribution >= 4 is 5.95 Å². The normalized spacial score (nSPS) is 18.6. The van der Waals surface area contributed by atoms with Crippen molar-refractivity contribution in [3.8, 4) is 0 Å². The molecule has 1 N–H and O–H groups in total. The monoisotopic (exact) mass is 266 g/mol. The summed E-state index contributed by atoms with van der Waals surface area (Å²) in [4.78, 5) is 6.77. The highest BCUT2D eigenvalue weighted by molar-refractivity contribution is 5.28. The molecular weight excluding hydrogens is 240 g/mol. The molecule has 1 saturated heterocycles. The molecule has 1 atom stereocenters. The Labute approximate surface area is 115 Å². The van der Waals surface area contributed by atoms with Gasteiger partial charge in [0.05, 0.1) is 0 Å². The predicted molar refractivity (Wildman–Crippen MR) is 76.4 cm³/mol. The maximum absolute atomic E-state index is 5.40. The summed E-state index contributed by atoms with van der Waals surface area (Å²) in [6.07, 6.45) is 4.55. The molecule has 0 saturated carbocycles. The molecule has 5 heteroatoms. The summed E-state index contributed by atoms with van der Waals surface area (Å²) in [5, 5.41) is 7.46. The lowest BCUT2D eigenvalue weighted by molar-refractivity contribution is 0.255. The van der Waals surface area contributed by atoms with Crippen LogP contribution >= 0.6 is 0 Å². The van der Waals surface area contributed by atoms with Gasteiger partial charge in [0.15, 0.2) is 0 Å². The number of aromatic nitrogens is 2. The molecule has 0 aromatic carbocycles. The van der Waals surface area contributed by atoms with Crippen LogP contribution in [0.15, 0.2) is 4.52 Å². The van der Waals surface area contributed by atoms with Crippen LogP contribution in [0, 0.1) is 5.41 Å². The van der Waals surface area contributed by atoms with E-state index in [4.69, 9.17) is 4.52 Å². The minimum atomic E-state index is 0.175. The molecule has 1 fully saturated rings. The lowest BCUT2D eigenvalue weighted by Crippen LogP contribution is -2.39. The molecule has 1 aromatic rings. The van der Waals surface area contributed by atoms with E-state index < -0.39 is 0 Å². The molecule has 108 valence electrons. The Balaban J connectivity index is 2.00. The van der Waals surface area contributed by atoms with Crippen molar-refractivity contribution in [1.29, 1.82) is 0 Å². The van der Waals surface area contributed by atoms with Gasteiger partial charge in [0.25, 0.3) is 5.95 Å². The van der Waals surface area contributed by atoms with E-state index in [1.54, 1.807) is 0 Å². The lowest BCUT2D eigenvalue weighted by Gasteiger charge is -2.29. The van der Waals surface area contributed by atoms with Crippen molar-refractivity contribution < 1.29 is 4.52 Å². The zero-order valence-electron chi connectivity index (χ0n) is 12.6. The number of piperidine rings is 1. The Kier molecular flexibility index (Phi) is 4.45. The van der Waals surface area contributed by atoms with Crippen molar-refractivity contribution in [3.63, 3.8) is 0 Å². The second kappa shape index (κ2) is 5.90. The number of nitrogens with one attached hydrogen (secondary N) is 1. The van der Waals surface area contributed by atoms with Crippen LogP contribution in [0.5, 0.6) is 0 Å². The molecule has 1 unspecified atom stereocenters. The molecule has 2 rings (SSSR count). The number of rotatable bonds is 4. The van der Waals surface area contributed by atoms with Crippen LogP contribution in [0.1, 0.15) is 45.9 Å². The van der Waals surface area contributed by atoms with Gasteiger partial charge < -0.3 is 14.7 Å². The van der Waals surface area contributed by atoms with Crippen molar-refractivity contribution in [2.75, 3.05) is 25.0 Å². The first-order chi connectivity index (χ1) is 9.00. The van der Waals surface area contributed by atoms with Gasteiger partial charge in [0.2, 0.25) is 5.89 Å². The van der Waals surface area contributed by atoms with Crippen molar-refractivity contribution in [1.82, 2.24) is 15.5 Å². The Hall–Kier alpha value is -1.10. The molecule has 0 spiro atoms. The molecule has 5 nitrogen and oxygen atoms in total. The fourth-order valence-electron chi connectivity index (χ4n) is 2.57. The van der Waals surface area contributed by atoms with Gasteiger partial charge in [-0.05, 0) is 36.9 Å². The van der Waals surface area contributed by atoms with Gasteiger partial charge in [-0.15, -0.1) is 0 Å². The summed E-state index contributed by atoms with van der Waals surface area (Å²) >= 11 is 0. The SMILES string of the molecule is CNC(Cc1nc(N2CCCCC2)no1)C(C)(C)C. The van der Waals surface area contributed by atoms with Gasteiger partial charge in [-0.25, -0.2) is 0 Å². The summed E-state index contributed by atoms with van der Waals surface area (Å²) in [7, 11) is 1.98. The molecule has 19 heavy (non-hydrogen) atoms. The number of nitrogens with zero attached hydrogens (tertiary/aromatic N) is 3. The van der Waals surface area contributed by atoms with E-state index in [1.165, 1.54) is 19.3 Å². The quantitative estimate of drug-likeness (QED) is 0.905.